The van der Waals surface area contributed by atoms with E-state index in [2.05, 4.69) is 64.8 Å². The van der Waals surface area contributed by atoms with E-state index in [9.17, 15) is 0 Å². The van der Waals surface area contributed by atoms with E-state index < -0.39 is 0 Å². The lowest BCUT2D eigenvalue weighted by Gasteiger charge is -2.15. The Balaban J connectivity index is 2.21. The summed E-state index contributed by atoms with van der Waals surface area (Å²) in [4.78, 5) is 4.58. The van der Waals surface area contributed by atoms with Crippen LogP contribution in [0.2, 0.25) is 0 Å². The molecule has 2 aromatic carbocycles. The van der Waals surface area contributed by atoms with Crippen molar-refractivity contribution < 1.29 is 0 Å². The molecular weight excluding hydrogens is 258 g/mol. The van der Waals surface area contributed by atoms with E-state index >= 15 is 0 Å². The molecular formula is C18H17N3. The monoisotopic (exact) mass is 275 g/mol. The predicted molar refractivity (Wildman–Crippen MR) is 90.1 cm³/mol. The first-order valence-electron chi connectivity index (χ1n) is 7.33. The standard InChI is InChI=1S/C18H17N3/c1-3-10-21-15-7-5-4-6-14(15)17-16(21)9-8-13-12(2)19-11-20-18(13)17/h4-9,11H,2-3,10H2,1H3,(H,19,20). The van der Waals surface area contributed by atoms with Gasteiger partial charge in [-0.2, -0.15) is 0 Å². The zero-order valence-electron chi connectivity index (χ0n) is 12.1. The van der Waals surface area contributed by atoms with Crippen molar-refractivity contribution in [1.82, 2.24) is 9.88 Å². The number of aromatic nitrogens is 1. The SMILES string of the molecule is C=C1NC=Nc2c1ccc1c2c2ccccc2n1CCC. The Kier molecular flexibility index (Phi) is 2.61. The topological polar surface area (TPSA) is 29.3 Å². The molecule has 0 amide bonds. The molecule has 2 heterocycles. The number of fused-ring (bicyclic) bond motifs is 5. The minimum absolute atomic E-state index is 0.911. The van der Waals surface area contributed by atoms with Crippen molar-refractivity contribution in [3.8, 4) is 0 Å². The Morgan fingerprint density at radius 1 is 1.14 bits per heavy atom. The molecule has 0 aliphatic carbocycles. The largest absolute Gasteiger partial charge is 0.346 e. The molecule has 0 spiro atoms. The fourth-order valence-corrected chi connectivity index (χ4v) is 3.22. The summed E-state index contributed by atoms with van der Waals surface area (Å²) in [5.41, 5.74) is 5.56. The molecule has 0 radical (unpaired) electrons. The van der Waals surface area contributed by atoms with E-state index in [0.29, 0.717) is 0 Å². The molecule has 21 heavy (non-hydrogen) atoms. The van der Waals surface area contributed by atoms with Crippen molar-refractivity contribution in [3.63, 3.8) is 0 Å². The Labute approximate surface area is 123 Å². The molecule has 0 saturated carbocycles. The first kappa shape index (κ1) is 12.2. The quantitative estimate of drug-likeness (QED) is 0.736. The molecule has 0 bridgehead atoms. The smallest absolute Gasteiger partial charge is 0.0930 e. The van der Waals surface area contributed by atoms with Crippen LogP contribution in [-0.4, -0.2) is 10.9 Å². The Morgan fingerprint density at radius 3 is 2.86 bits per heavy atom. The van der Waals surface area contributed by atoms with Gasteiger partial charge < -0.3 is 9.88 Å². The number of aryl methyl sites for hydroxylation is 1. The summed E-state index contributed by atoms with van der Waals surface area (Å²) in [6, 6.07) is 12.9. The molecule has 3 aromatic rings. The third-order valence-electron chi connectivity index (χ3n) is 4.12. The van der Waals surface area contributed by atoms with Gasteiger partial charge in [0.05, 0.1) is 17.5 Å². The fraction of sp³-hybridized carbons (Fsp3) is 0.167. The van der Waals surface area contributed by atoms with Gasteiger partial charge in [-0.1, -0.05) is 31.7 Å². The van der Waals surface area contributed by atoms with Crippen molar-refractivity contribution in [2.75, 3.05) is 0 Å². The number of para-hydroxylation sites is 1. The summed E-state index contributed by atoms with van der Waals surface area (Å²) in [7, 11) is 0. The van der Waals surface area contributed by atoms with Gasteiger partial charge in [0.15, 0.2) is 0 Å². The maximum atomic E-state index is 4.58. The lowest BCUT2D eigenvalue weighted by atomic mass is 10.0. The Morgan fingerprint density at radius 2 is 2.00 bits per heavy atom. The average Bonchev–Trinajstić information content (AvgIpc) is 2.83. The number of aliphatic imine (C=N–C) groups is 1. The fourth-order valence-electron chi connectivity index (χ4n) is 3.22. The first-order chi connectivity index (χ1) is 10.3. The maximum absolute atomic E-state index is 4.58. The van der Waals surface area contributed by atoms with Gasteiger partial charge in [-0.15, -0.1) is 0 Å². The van der Waals surface area contributed by atoms with Gasteiger partial charge in [0.1, 0.15) is 0 Å². The molecule has 3 heteroatoms. The second-order valence-corrected chi connectivity index (χ2v) is 5.41. The lowest BCUT2D eigenvalue weighted by molar-refractivity contribution is 0.724. The Hall–Kier alpha value is -2.55. The molecule has 0 fully saturated rings. The zero-order valence-corrected chi connectivity index (χ0v) is 12.1. The summed E-state index contributed by atoms with van der Waals surface area (Å²) in [5, 5.41) is 5.59. The van der Waals surface area contributed by atoms with Crippen LogP contribution in [0.1, 0.15) is 18.9 Å². The van der Waals surface area contributed by atoms with Crippen LogP contribution in [0.15, 0.2) is 48.0 Å². The highest BCUT2D eigenvalue weighted by Crippen LogP contribution is 2.40. The minimum atomic E-state index is 0.911. The van der Waals surface area contributed by atoms with Gasteiger partial charge in [-0.25, -0.2) is 4.99 Å². The molecule has 0 unspecified atom stereocenters. The third-order valence-corrected chi connectivity index (χ3v) is 4.12. The summed E-state index contributed by atoms with van der Waals surface area (Å²) in [5.74, 6) is 0. The van der Waals surface area contributed by atoms with Gasteiger partial charge in [-0.05, 0) is 24.6 Å². The molecule has 1 aliphatic rings. The molecule has 104 valence electrons. The average molecular weight is 275 g/mol. The first-order valence-corrected chi connectivity index (χ1v) is 7.33. The number of hydrogen-bond donors (Lipinski definition) is 1. The van der Waals surface area contributed by atoms with E-state index in [1.54, 1.807) is 6.34 Å². The number of benzene rings is 2. The highest BCUT2D eigenvalue weighted by Gasteiger charge is 2.18. The third kappa shape index (κ3) is 1.64. The van der Waals surface area contributed by atoms with Gasteiger partial charge in [0, 0.05) is 34.1 Å². The van der Waals surface area contributed by atoms with Crippen LogP contribution in [-0.2, 0) is 6.54 Å². The summed E-state index contributed by atoms with van der Waals surface area (Å²) >= 11 is 0. The number of rotatable bonds is 2. The van der Waals surface area contributed by atoms with Crippen molar-refractivity contribution in [3.05, 3.63) is 48.5 Å². The Bertz CT molecular complexity index is 900. The van der Waals surface area contributed by atoms with Gasteiger partial charge in [0.25, 0.3) is 0 Å². The molecule has 1 aromatic heterocycles. The highest BCUT2D eigenvalue weighted by molar-refractivity contribution is 6.16. The van der Waals surface area contributed by atoms with Crippen LogP contribution in [0.5, 0.6) is 0 Å². The molecule has 0 atom stereocenters. The zero-order chi connectivity index (χ0) is 14.4. The second-order valence-electron chi connectivity index (χ2n) is 5.41. The van der Waals surface area contributed by atoms with Gasteiger partial charge in [-0.3, -0.25) is 0 Å². The van der Waals surface area contributed by atoms with Crippen molar-refractivity contribution in [2.24, 2.45) is 4.99 Å². The van der Waals surface area contributed by atoms with Crippen molar-refractivity contribution in [1.29, 1.82) is 0 Å². The minimum Gasteiger partial charge on any atom is -0.346 e. The molecule has 1 N–H and O–H groups in total. The summed E-state index contributed by atoms with van der Waals surface area (Å²) in [6.45, 7) is 7.31. The van der Waals surface area contributed by atoms with Crippen LogP contribution in [0.25, 0.3) is 27.5 Å². The predicted octanol–water partition coefficient (Wildman–Crippen LogP) is 4.44. The van der Waals surface area contributed by atoms with E-state index in [-0.39, 0.29) is 0 Å². The molecule has 4 rings (SSSR count). The summed E-state index contributed by atoms with van der Waals surface area (Å²) < 4.78 is 2.39. The number of nitrogens with one attached hydrogen (secondary N) is 1. The highest BCUT2D eigenvalue weighted by atomic mass is 15.0. The van der Waals surface area contributed by atoms with Crippen LogP contribution >= 0.6 is 0 Å². The molecule has 1 aliphatic heterocycles. The van der Waals surface area contributed by atoms with E-state index in [1.165, 1.54) is 21.8 Å². The number of hydrogen-bond acceptors (Lipinski definition) is 2. The van der Waals surface area contributed by atoms with Crippen molar-refractivity contribution in [2.45, 2.75) is 19.9 Å². The van der Waals surface area contributed by atoms with Crippen LogP contribution in [0.4, 0.5) is 5.69 Å². The lowest BCUT2D eigenvalue weighted by Crippen LogP contribution is -2.12. The molecule has 3 nitrogen and oxygen atoms in total. The van der Waals surface area contributed by atoms with Crippen molar-refractivity contribution >= 4 is 39.5 Å². The van der Waals surface area contributed by atoms with Crippen LogP contribution in [0, 0.1) is 0 Å². The van der Waals surface area contributed by atoms with E-state index in [1.807, 2.05) is 0 Å². The second kappa shape index (κ2) is 4.48. The van der Waals surface area contributed by atoms with Crippen LogP contribution in [0.3, 0.4) is 0 Å². The normalized spacial score (nSPS) is 13.7. The number of nitrogens with zero attached hydrogens (tertiary/aromatic N) is 2. The van der Waals surface area contributed by atoms with Gasteiger partial charge >= 0.3 is 0 Å². The van der Waals surface area contributed by atoms with E-state index in [4.69, 9.17) is 0 Å². The molecule has 0 saturated heterocycles. The van der Waals surface area contributed by atoms with Crippen LogP contribution < -0.4 is 5.32 Å². The van der Waals surface area contributed by atoms with E-state index in [0.717, 1.165) is 29.9 Å². The maximum Gasteiger partial charge on any atom is 0.0930 e. The van der Waals surface area contributed by atoms with Gasteiger partial charge in [0.2, 0.25) is 0 Å². The summed E-state index contributed by atoms with van der Waals surface area (Å²) in [6.07, 6.45) is 2.85.